The lowest BCUT2D eigenvalue weighted by Crippen LogP contribution is -2.01. The van der Waals surface area contributed by atoms with Crippen LogP contribution in [0.5, 0.6) is 5.75 Å². The van der Waals surface area contributed by atoms with E-state index in [-0.39, 0.29) is 5.56 Å². The summed E-state index contributed by atoms with van der Waals surface area (Å²) in [6, 6.07) is 12.3. The summed E-state index contributed by atoms with van der Waals surface area (Å²) in [5.41, 5.74) is 1.85. The minimum Gasteiger partial charge on any atom is -0.489 e. The van der Waals surface area contributed by atoms with Gasteiger partial charge in [-0.3, -0.25) is 0 Å². The van der Waals surface area contributed by atoms with E-state index in [4.69, 9.17) is 21.4 Å². The van der Waals surface area contributed by atoms with Gasteiger partial charge in [-0.25, -0.2) is 4.79 Å². The Morgan fingerprint density at radius 1 is 1.26 bits per heavy atom. The average Bonchev–Trinajstić information content (AvgIpc) is 2.37. The van der Waals surface area contributed by atoms with Gasteiger partial charge in [-0.2, -0.15) is 0 Å². The molecule has 0 saturated carbocycles. The quantitative estimate of drug-likeness (QED) is 0.920. The van der Waals surface area contributed by atoms with E-state index < -0.39 is 5.97 Å². The molecule has 0 aliphatic rings. The second kappa shape index (κ2) is 5.76. The van der Waals surface area contributed by atoms with Gasteiger partial charge in [0.25, 0.3) is 0 Å². The molecule has 3 nitrogen and oxygen atoms in total. The molecule has 98 valence electrons. The van der Waals surface area contributed by atoms with Crippen LogP contribution >= 0.6 is 11.6 Å². The number of rotatable bonds is 4. The van der Waals surface area contributed by atoms with Crippen molar-refractivity contribution in [1.82, 2.24) is 0 Å². The van der Waals surface area contributed by atoms with Crippen molar-refractivity contribution in [3.8, 4) is 5.75 Å². The Morgan fingerprint density at radius 3 is 2.63 bits per heavy atom. The van der Waals surface area contributed by atoms with Gasteiger partial charge in [0, 0.05) is 10.6 Å². The number of carboxylic acid groups (broad SMARTS) is 1. The van der Waals surface area contributed by atoms with Crippen molar-refractivity contribution < 1.29 is 14.6 Å². The maximum Gasteiger partial charge on any atom is 0.335 e. The van der Waals surface area contributed by atoms with Gasteiger partial charge in [0.2, 0.25) is 0 Å². The molecule has 1 N–H and O–H groups in total. The lowest BCUT2D eigenvalue weighted by Gasteiger charge is -2.09. The summed E-state index contributed by atoms with van der Waals surface area (Å²) in [4.78, 5) is 10.9. The van der Waals surface area contributed by atoms with Crippen LogP contribution in [0, 0.1) is 6.92 Å². The highest BCUT2D eigenvalue weighted by Crippen LogP contribution is 2.21. The monoisotopic (exact) mass is 276 g/mol. The molecule has 2 rings (SSSR count). The van der Waals surface area contributed by atoms with Crippen LogP contribution in [0.3, 0.4) is 0 Å². The number of carboxylic acids is 1. The molecule has 2 aromatic rings. The maximum absolute atomic E-state index is 10.9. The van der Waals surface area contributed by atoms with Gasteiger partial charge >= 0.3 is 5.97 Å². The first-order valence-electron chi connectivity index (χ1n) is 5.78. The molecule has 0 spiro atoms. The second-order valence-electron chi connectivity index (χ2n) is 4.16. The fourth-order valence-corrected chi connectivity index (χ4v) is 1.93. The highest BCUT2D eigenvalue weighted by atomic mass is 35.5. The molecule has 0 fully saturated rings. The summed E-state index contributed by atoms with van der Waals surface area (Å²) in [5, 5.41) is 9.60. The van der Waals surface area contributed by atoms with Crippen molar-refractivity contribution >= 4 is 17.6 Å². The van der Waals surface area contributed by atoms with Crippen LogP contribution in [0.4, 0.5) is 0 Å². The summed E-state index contributed by atoms with van der Waals surface area (Å²) in [7, 11) is 0. The predicted molar refractivity (Wildman–Crippen MR) is 73.9 cm³/mol. The Labute approximate surface area is 116 Å². The number of aromatic carboxylic acids is 1. The Kier molecular flexibility index (Phi) is 4.07. The first-order chi connectivity index (χ1) is 9.08. The van der Waals surface area contributed by atoms with Crippen LogP contribution in [0.15, 0.2) is 42.5 Å². The third-order valence-electron chi connectivity index (χ3n) is 2.78. The predicted octanol–water partition coefficient (Wildman–Crippen LogP) is 3.93. The zero-order valence-corrected chi connectivity index (χ0v) is 11.1. The van der Waals surface area contributed by atoms with E-state index in [2.05, 4.69) is 0 Å². The molecule has 19 heavy (non-hydrogen) atoms. The summed E-state index contributed by atoms with van der Waals surface area (Å²) in [6.07, 6.45) is 0. The standard InChI is InChI=1S/C15H13ClO3/c1-10-8-12(6-7-13(10)15(17)18)19-9-11-4-2-3-5-14(11)16/h2-8H,9H2,1H3,(H,17,18). The molecular formula is C15H13ClO3. The molecule has 0 heterocycles. The zero-order valence-electron chi connectivity index (χ0n) is 10.4. The lowest BCUT2D eigenvalue weighted by molar-refractivity contribution is 0.0696. The first-order valence-corrected chi connectivity index (χ1v) is 6.16. The highest BCUT2D eigenvalue weighted by molar-refractivity contribution is 6.31. The fourth-order valence-electron chi connectivity index (χ4n) is 1.74. The van der Waals surface area contributed by atoms with Crippen molar-refractivity contribution in [2.45, 2.75) is 13.5 Å². The van der Waals surface area contributed by atoms with Crippen LogP contribution in [0.1, 0.15) is 21.5 Å². The van der Waals surface area contributed by atoms with Gasteiger partial charge in [-0.15, -0.1) is 0 Å². The van der Waals surface area contributed by atoms with Gasteiger partial charge in [-0.1, -0.05) is 29.8 Å². The molecule has 4 heteroatoms. The molecule has 0 radical (unpaired) electrons. The van der Waals surface area contributed by atoms with Gasteiger partial charge in [0.15, 0.2) is 0 Å². The molecular weight excluding hydrogens is 264 g/mol. The summed E-state index contributed by atoms with van der Waals surface area (Å²) in [6.45, 7) is 2.09. The van der Waals surface area contributed by atoms with Crippen molar-refractivity contribution in [3.63, 3.8) is 0 Å². The number of aryl methyl sites for hydroxylation is 1. The van der Waals surface area contributed by atoms with Crippen LogP contribution in [-0.2, 0) is 6.61 Å². The molecule has 0 saturated heterocycles. The molecule has 0 aliphatic heterocycles. The smallest absolute Gasteiger partial charge is 0.335 e. The molecule has 0 aromatic heterocycles. The third kappa shape index (κ3) is 3.26. The Hall–Kier alpha value is -2.00. The minimum atomic E-state index is -0.935. The normalized spacial score (nSPS) is 10.2. The van der Waals surface area contributed by atoms with Crippen LogP contribution in [-0.4, -0.2) is 11.1 Å². The lowest BCUT2D eigenvalue weighted by atomic mass is 10.1. The topological polar surface area (TPSA) is 46.5 Å². The first kappa shape index (κ1) is 13.4. The minimum absolute atomic E-state index is 0.282. The van der Waals surface area contributed by atoms with E-state index in [1.807, 2.05) is 18.2 Å². The van der Waals surface area contributed by atoms with Crippen LogP contribution in [0.2, 0.25) is 5.02 Å². The molecule has 0 unspecified atom stereocenters. The SMILES string of the molecule is Cc1cc(OCc2ccccc2Cl)ccc1C(=O)O. The van der Waals surface area contributed by atoms with E-state index in [9.17, 15) is 4.79 Å². The number of carbonyl (C=O) groups is 1. The summed E-state index contributed by atoms with van der Waals surface area (Å²) in [5.74, 6) is -0.308. The third-order valence-corrected chi connectivity index (χ3v) is 3.15. The van der Waals surface area contributed by atoms with Gasteiger partial charge in [0.05, 0.1) is 5.56 Å². The van der Waals surface area contributed by atoms with Crippen LogP contribution < -0.4 is 4.74 Å². The number of benzene rings is 2. The number of ether oxygens (including phenoxy) is 1. The van der Waals surface area contributed by atoms with E-state index in [0.29, 0.717) is 22.9 Å². The van der Waals surface area contributed by atoms with Gasteiger partial charge in [0.1, 0.15) is 12.4 Å². The summed E-state index contributed by atoms with van der Waals surface area (Å²) >= 11 is 6.03. The average molecular weight is 277 g/mol. The fraction of sp³-hybridized carbons (Fsp3) is 0.133. The summed E-state index contributed by atoms with van der Waals surface area (Å²) < 4.78 is 5.61. The number of halogens is 1. The van der Waals surface area contributed by atoms with Crippen molar-refractivity contribution in [2.24, 2.45) is 0 Å². The van der Waals surface area contributed by atoms with Crippen LogP contribution in [0.25, 0.3) is 0 Å². The maximum atomic E-state index is 10.9. The van der Waals surface area contributed by atoms with E-state index in [1.54, 1.807) is 31.2 Å². The van der Waals surface area contributed by atoms with E-state index >= 15 is 0 Å². The Morgan fingerprint density at radius 2 is 2.00 bits per heavy atom. The van der Waals surface area contributed by atoms with Crippen molar-refractivity contribution in [3.05, 3.63) is 64.2 Å². The molecule has 0 aliphatic carbocycles. The molecule has 0 atom stereocenters. The number of hydrogen-bond donors (Lipinski definition) is 1. The number of hydrogen-bond acceptors (Lipinski definition) is 2. The zero-order chi connectivity index (χ0) is 13.8. The van der Waals surface area contributed by atoms with E-state index in [1.165, 1.54) is 0 Å². The Balaban J connectivity index is 2.11. The van der Waals surface area contributed by atoms with Crippen molar-refractivity contribution in [1.29, 1.82) is 0 Å². The Bertz CT molecular complexity index is 608. The van der Waals surface area contributed by atoms with Gasteiger partial charge in [-0.05, 0) is 36.8 Å². The van der Waals surface area contributed by atoms with Crippen molar-refractivity contribution in [2.75, 3.05) is 0 Å². The molecule has 2 aromatic carbocycles. The largest absolute Gasteiger partial charge is 0.489 e. The highest BCUT2D eigenvalue weighted by Gasteiger charge is 2.08. The molecule has 0 bridgehead atoms. The van der Waals surface area contributed by atoms with E-state index in [0.717, 1.165) is 5.56 Å². The second-order valence-corrected chi connectivity index (χ2v) is 4.57. The molecule has 0 amide bonds. The van der Waals surface area contributed by atoms with Gasteiger partial charge < -0.3 is 9.84 Å².